The molecule has 18 heavy (non-hydrogen) atoms. The van der Waals surface area contributed by atoms with E-state index < -0.39 is 0 Å². The summed E-state index contributed by atoms with van der Waals surface area (Å²) in [6, 6.07) is 7.38. The Bertz CT molecular complexity index is 458. The van der Waals surface area contributed by atoms with Gasteiger partial charge in [0.05, 0.1) is 13.5 Å². The van der Waals surface area contributed by atoms with Gasteiger partial charge in [0.2, 0.25) is 5.91 Å². The highest BCUT2D eigenvalue weighted by molar-refractivity contribution is 7.81. The lowest BCUT2D eigenvalue weighted by Crippen LogP contribution is -2.24. The monoisotopic (exact) mass is 265 g/mol. The van der Waals surface area contributed by atoms with Crippen LogP contribution >= 0.6 is 12.6 Å². The second-order valence-corrected chi connectivity index (χ2v) is 5.01. The Labute approximate surface area is 111 Å². The smallest absolute Gasteiger partial charge is 0.309 e. The van der Waals surface area contributed by atoms with E-state index >= 15 is 0 Å². The van der Waals surface area contributed by atoms with E-state index in [1.54, 1.807) is 4.90 Å². The number of nitrogens with zero attached hydrogens (tertiary/aromatic N) is 1. The van der Waals surface area contributed by atoms with E-state index in [9.17, 15) is 9.59 Å². The van der Waals surface area contributed by atoms with Gasteiger partial charge in [-0.1, -0.05) is 12.1 Å². The zero-order valence-corrected chi connectivity index (χ0v) is 11.0. The van der Waals surface area contributed by atoms with Crippen molar-refractivity contribution in [3.63, 3.8) is 0 Å². The molecule has 0 aliphatic carbocycles. The number of amides is 1. The normalized spacial score (nSPS) is 19.1. The molecule has 1 amide bonds. The predicted molar refractivity (Wildman–Crippen MR) is 71.9 cm³/mol. The van der Waals surface area contributed by atoms with Gasteiger partial charge in [0.15, 0.2) is 0 Å². The van der Waals surface area contributed by atoms with Crippen molar-refractivity contribution in [1.82, 2.24) is 0 Å². The zero-order valence-electron chi connectivity index (χ0n) is 10.1. The minimum absolute atomic E-state index is 0.0933. The van der Waals surface area contributed by atoms with Gasteiger partial charge in [-0.3, -0.25) is 9.59 Å². The quantitative estimate of drug-likeness (QED) is 0.664. The summed E-state index contributed by atoms with van der Waals surface area (Å²) in [6.07, 6.45) is 0.729. The first-order chi connectivity index (χ1) is 8.60. The molecule has 0 N–H and O–H groups in total. The Morgan fingerprint density at radius 2 is 2.11 bits per heavy atom. The van der Waals surface area contributed by atoms with E-state index in [4.69, 9.17) is 0 Å². The Morgan fingerprint density at radius 3 is 2.61 bits per heavy atom. The van der Waals surface area contributed by atoms with Crippen LogP contribution in [0.25, 0.3) is 0 Å². The number of carbonyl (C=O) groups is 2. The fraction of sp³-hybridized carbons (Fsp3) is 0.385. The number of rotatable bonds is 3. The maximum absolute atomic E-state index is 11.7. The molecule has 5 heteroatoms. The molecule has 1 aromatic rings. The molecule has 0 spiro atoms. The van der Waals surface area contributed by atoms with Gasteiger partial charge in [0, 0.05) is 23.9 Å². The highest BCUT2D eigenvalue weighted by atomic mass is 32.1. The van der Waals surface area contributed by atoms with Crippen molar-refractivity contribution >= 4 is 30.2 Å². The van der Waals surface area contributed by atoms with Crippen molar-refractivity contribution < 1.29 is 14.3 Å². The van der Waals surface area contributed by atoms with Crippen LogP contribution in [0.2, 0.25) is 0 Å². The lowest BCUT2D eigenvalue weighted by Gasteiger charge is -2.16. The fourth-order valence-electron chi connectivity index (χ4n) is 1.97. The number of benzene rings is 1. The number of ether oxygens (including phenoxy) is 1. The average Bonchev–Trinajstić information content (AvgIpc) is 2.69. The second kappa shape index (κ2) is 5.44. The summed E-state index contributed by atoms with van der Waals surface area (Å²) in [5.74, 6) is -0.175. The summed E-state index contributed by atoms with van der Waals surface area (Å²) in [5, 5.41) is 0.104. The van der Waals surface area contributed by atoms with Crippen LogP contribution < -0.4 is 4.90 Å². The molecule has 1 heterocycles. The molecule has 0 aromatic heterocycles. The third kappa shape index (κ3) is 2.85. The van der Waals surface area contributed by atoms with E-state index in [0.29, 0.717) is 13.0 Å². The predicted octanol–water partition coefficient (Wildman–Crippen LogP) is 1.44. The van der Waals surface area contributed by atoms with E-state index in [0.717, 1.165) is 11.3 Å². The van der Waals surface area contributed by atoms with Crippen molar-refractivity contribution in [2.75, 3.05) is 18.6 Å². The third-order valence-electron chi connectivity index (χ3n) is 2.93. The third-order valence-corrected chi connectivity index (χ3v) is 3.27. The van der Waals surface area contributed by atoms with E-state index in [-0.39, 0.29) is 23.5 Å². The van der Waals surface area contributed by atoms with Gasteiger partial charge in [0.1, 0.15) is 0 Å². The molecule has 1 atom stereocenters. The van der Waals surface area contributed by atoms with Gasteiger partial charge >= 0.3 is 5.97 Å². The van der Waals surface area contributed by atoms with Gasteiger partial charge in [-0.05, 0) is 17.7 Å². The SMILES string of the molecule is COC(=O)Cc1ccc(N2CC(S)CC2=O)cc1. The first-order valence-electron chi connectivity index (χ1n) is 5.74. The van der Waals surface area contributed by atoms with Crippen molar-refractivity contribution in [3.8, 4) is 0 Å². The van der Waals surface area contributed by atoms with Crippen LogP contribution in [-0.2, 0) is 20.7 Å². The molecule has 2 rings (SSSR count). The Kier molecular flexibility index (Phi) is 3.91. The number of anilines is 1. The molecule has 1 unspecified atom stereocenters. The summed E-state index contributed by atoms with van der Waals surface area (Å²) in [5.41, 5.74) is 1.73. The molecule has 4 nitrogen and oxygen atoms in total. The number of esters is 1. The first-order valence-corrected chi connectivity index (χ1v) is 6.26. The van der Waals surface area contributed by atoms with Crippen LogP contribution in [0.15, 0.2) is 24.3 Å². The molecule has 1 fully saturated rings. The maximum Gasteiger partial charge on any atom is 0.309 e. The van der Waals surface area contributed by atoms with E-state index in [1.807, 2.05) is 24.3 Å². The zero-order chi connectivity index (χ0) is 13.1. The van der Waals surface area contributed by atoms with Gasteiger partial charge in [-0.15, -0.1) is 0 Å². The van der Waals surface area contributed by atoms with Gasteiger partial charge in [0.25, 0.3) is 0 Å². The largest absolute Gasteiger partial charge is 0.469 e. The van der Waals surface area contributed by atoms with Crippen molar-refractivity contribution in [1.29, 1.82) is 0 Å². The lowest BCUT2D eigenvalue weighted by molar-refractivity contribution is -0.139. The van der Waals surface area contributed by atoms with Crippen LogP contribution in [0.5, 0.6) is 0 Å². The second-order valence-electron chi connectivity index (χ2n) is 4.28. The minimum atomic E-state index is -0.268. The molecule has 0 saturated carbocycles. The molecule has 0 bridgehead atoms. The van der Waals surface area contributed by atoms with Gasteiger partial charge < -0.3 is 9.64 Å². The minimum Gasteiger partial charge on any atom is -0.469 e. The molecule has 1 aromatic carbocycles. The highest BCUT2D eigenvalue weighted by Gasteiger charge is 2.28. The number of hydrogen-bond donors (Lipinski definition) is 1. The van der Waals surface area contributed by atoms with Crippen LogP contribution in [0.3, 0.4) is 0 Å². The van der Waals surface area contributed by atoms with Crippen LogP contribution in [-0.4, -0.2) is 30.8 Å². The molecule has 0 radical (unpaired) electrons. The lowest BCUT2D eigenvalue weighted by atomic mass is 10.1. The Balaban J connectivity index is 2.08. The number of hydrogen-bond acceptors (Lipinski definition) is 4. The van der Waals surface area contributed by atoms with E-state index in [1.165, 1.54) is 7.11 Å². The van der Waals surface area contributed by atoms with Crippen LogP contribution in [0.4, 0.5) is 5.69 Å². The van der Waals surface area contributed by atoms with Crippen molar-refractivity contribution in [2.45, 2.75) is 18.1 Å². The average molecular weight is 265 g/mol. The van der Waals surface area contributed by atoms with Crippen molar-refractivity contribution in [2.24, 2.45) is 0 Å². The summed E-state index contributed by atoms with van der Waals surface area (Å²) < 4.78 is 4.60. The molecule has 1 saturated heterocycles. The highest BCUT2D eigenvalue weighted by Crippen LogP contribution is 2.24. The molecular formula is C13H15NO3S. The Morgan fingerprint density at radius 1 is 1.44 bits per heavy atom. The van der Waals surface area contributed by atoms with Crippen molar-refractivity contribution in [3.05, 3.63) is 29.8 Å². The topological polar surface area (TPSA) is 46.6 Å². The Hall–Kier alpha value is -1.49. The van der Waals surface area contributed by atoms with Gasteiger partial charge in [-0.25, -0.2) is 0 Å². The molecule has 1 aliphatic heterocycles. The van der Waals surface area contributed by atoms with Gasteiger partial charge in [-0.2, -0.15) is 12.6 Å². The molecular weight excluding hydrogens is 250 g/mol. The summed E-state index contributed by atoms with van der Waals surface area (Å²) in [6.45, 7) is 0.637. The summed E-state index contributed by atoms with van der Waals surface area (Å²) in [4.78, 5) is 24.5. The fourth-order valence-corrected chi connectivity index (χ4v) is 2.29. The number of methoxy groups -OCH3 is 1. The number of thiol groups is 1. The van der Waals surface area contributed by atoms with Crippen LogP contribution in [0.1, 0.15) is 12.0 Å². The molecule has 1 aliphatic rings. The van der Waals surface area contributed by atoms with Crippen LogP contribution in [0, 0.1) is 0 Å². The first kappa shape index (κ1) is 13.0. The van der Waals surface area contributed by atoms with E-state index in [2.05, 4.69) is 17.4 Å². The summed E-state index contributed by atoms with van der Waals surface area (Å²) >= 11 is 4.32. The maximum atomic E-state index is 11.7. The molecule has 96 valence electrons. The summed E-state index contributed by atoms with van der Waals surface area (Å²) in [7, 11) is 1.37. The standard InChI is InChI=1S/C13H15NO3S/c1-17-13(16)6-9-2-4-10(5-3-9)14-8-11(18)7-12(14)15/h2-5,11,18H,6-8H2,1H3. The number of carbonyl (C=O) groups excluding carboxylic acids is 2.